The Morgan fingerprint density at radius 2 is 0.918 bits per heavy atom. The topological polar surface area (TPSA) is 78.1 Å². The van der Waals surface area contributed by atoms with E-state index in [4.69, 9.17) is 18.2 Å². The first-order chi connectivity index (χ1) is 24.2. The van der Waals surface area contributed by atoms with Crippen molar-refractivity contribution in [3.05, 3.63) is 140 Å². The normalized spacial score (nSPS) is 12.1. The van der Waals surface area contributed by atoms with Crippen LogP contribution >= 0.6 is 0 Å². The fourth-order valence-electron chi connectivity index (χ4n) is 7.28. The van der Waals surface area contributed by atoms with E-state index in [1.807, 2.05) is 60.7 Å². The highest BCUT2D eigenvalue weighted by molar-refractivity contribution is 6.15. The van der Waals surface area contributed by atoms with Crippen LogP contribution in [0.25, 0.3) is 110 Å². The molecule has 0 N–H and O–H groups in total. The monoisotopic (exact) mass is 629 g/mol. The second kappa shape index (κ2) is 9.86. The number of aromatic nitrogens is 3. The first kappa shape index (κ1) is 26.3. The third-order valence-corrected chi connectivity index (χ3v) is 9.54. The maximum Gasteiger partial charge on any atom is 0.162 e. The predicted octanol–water partition coefficient (Wildman–Crippen LogP) is 11.7. The molecule has 0 atom stereocenters. The average molecular weight is 630 g/mol. The Kier molecular flexibility index (Phi) is 5.29. The SMILES string of the molecule is c1ccc2c(-c3cc(-c4ccc5oc6cccnc6c5c4)cc(-c4ccc5oc6cccnc6c5c4)c3)c3oc4ccccc4c3nc2c1. The molecule has 0 spiro atoms. The van der Waals surface area contributed by atoms with Crippen molar-refractivity contribution in [3.8, 4) is 33.4 Å². The molecular weight excluding hydrogens is 606 g/mol. The van der Waals surface area contributed by atoms with Crippen LogP contribution in [0.5, 0.6) is 0 Å². The molecular formula is C43H23N3O3. The number of furan rings is 3. The van der Waals surface area contributed by atoms with Gasteiger partial charge in [-0.2, -0.15) is 0 Å². The molecule has 0 radical (unpaired) electrons. The van der Waals surface area contributed by atoms with Crippen molar-refractivity contribution < 1.29 is 13.3 Å². The van der Waals surface area contributed by atoms with E-state index in [9.17, 15) is 0 Å². The Bertz CT molecular complexity index is 3000. The number of fused-ring (bicyclic) bond motifs is 10. The second-order valence-electron chi connectivity index (χ2n) is 12.4. The highest BCUT2D eigenvalue weighted by atomic mass is 16.3. The number of para-hydroxylation sites is 2. The summed E-state index contributed by atoms with van der Waals surface area (Å²) in [6.07, 6.45) is 3.61. The van der Waals surface area contributed by atoms with Gasteiger partial charge < -0.3 is 13.3 Å². The van der Waals surface area contributed by atoms with Crippen molar-refractivity contribution in [2.75, 3.05) is 0 Å². The van der Waals surface area contributed by atoms with Gasteiger partial charge in [0.2, 0.25) is 0 Å². The largest absolute Gasteiger partial charge is 0.454 e. The van der Waals surface area contributed by atoms with Crippen LogP contribution in [0.15, 0.2) is 153 Å². The van der Waals surface area contributed by atoms with E-state index >= 15 is 0 Å². The molecule has 6 aromatic heterocycles. The predicted molar refractivity (Wildman–Crippen MR) is 195 cm³/mol. The summed E-state index contributed by atoms with van der Waals surface area (Å²) in [5.74, 6) is 0. The highest BCUT2D eigenvalue weighted by Crippen LogP contribution is 2.43. The Morgan fingerprint density at radius 1 is 0.367 bits per heavy atom. The summed E-state index contributed by atoms with van der Waals surface area (Å²) in [5.41, 5.74) is 14.5. The van der Waals surface area contributed by atoms with Gasteiger partial charge in [-0.3, -0.25) is 9.97 Å². The van der Waals surface area contributed by atoms with E-state index in [2.05, 4.69) is 76.7 Å². The summed E-state index contributed by atoms with van der Waals surface area (Å²) < 4.78 is 18.9. The molecule has 0 fully saturated rings. The zero-order valence-corrected chi connectivity index (χ0v) is 25.8. The number of hydrogen-bond acceptors (Lipinski definition) is 6. The lowest BCUT2D eigenvalue weighted by Crippen LogP contribution is -1.90. The molecule has 0 unspecified atom stereocenters. The molecule has 0 aliphatic rings. The lowest BCUT2D eigenvalue weighted by atomic mass is 9.91. The molecule has 6 heterocycles. The lowest BCUT2D eigenvalue weighted by molar-refractivity contribution is 0.668. The van der Waals surface area contributed by atoms with Crippen molar-refractivity contribution in [2.24, 2.45) is 0 Å². The average Bonchev–Trinajstić information content (AvgIpc) is 3.84. The molecule has 0 amide bonds. The lowest BCUT2D eigenvalue weighted by Gasteiger charge is -2.14. The minimum atomic E-state index is 0.768. The Hall–Kier alpha value is -6.79. The summed E-state index contributed by atoms with van der Waals surface area (Å²) in [6, 6.07) is 43.5. The zero-order chi connectivity index (χ0) is 32.1. The van der Waals surface area contributed by atoms with Crippen LogP contribution in [-0.2, 0) is 0 Å². The Labute approximate surface area is 277 Å². The molecule has 0 saturated heterocycles. The van der Waals surface area contributed by atoms with Crippen LogP contribution in [0.1, 0.15) is 0 Å². The molecule has 5 aromatic carbocycles. The van der Waals surface area contributed by atoms with Gasteiger partial charge in [-0.05, 0) is 113 Å². The van der Waals surface area contributed by atoms with E-state index in [1.54, 1.807) is 12.4 Å². The van der Waals surface area contributed by atoms with E-state index in [1.165, 1.54) is 0 Å². The van der Waals surface area contributed by atoms with Gasteiger partial charge in [0.15, 0.2) is 16.7 Å². The molecule has 0 aliphatic heterocycles. The first-order valence-electron chi connectivity index (χ1n) is 16.2. The Morgan fingerprint density at radius 3 is 1.59 bits per heavy atom. The van der Waals surface area contributed by atoms with Crippen molar-refractivity contribution in [1.82, 2.24) is 15.0 Å². The van der Waals surface area contributed by atoms with Crippen LogP contribution in [-0.4, -0.2) is 15.0 Å². The zero-order valence-electron chi connectivity index (χ0n) is 25.8. The standard InChI is InChI=1S/C43H23N3O3/c1-3-9-33-29(7-1)39(43-42(46-33)30-8-2-4-10-34(30)49-43)28-20-26(24-13-15-35-31(22-24)40-37(47-35)11-5-17-44-40)19-27(21-28)25-14-16-36-32(23-25)41-38(48-36)12-6-18-45-41/h1-23H. The number of nitrogens with zero attached hydrogens (tertiary/aromatic N) is 3. The first-order valence-corrected chi connectivity index (χ1v) is 16.2. The molecule has 6 heteroatoms. The number of rotatable bonds is 3. The molecule has 6 nitrogen and oxygen atoms in total. The minimum absolute atomic E-state index is 0.768. The van der Waals surface area contributed by atoms with Crippen LogP contribution in [0.2, 0.25) is 0 Å². The number of pyridine rings is 3. The van der Waals surface area contributed by atoms with E-state index in [0.29, 0.717) is 0 Å². The van der Waals surface area contributed by atoms with Gasteiger partial charge in [-0.1, -0.05) is 42.5 Å². The maximum atomic E-state index is 6.62. The van der Waals surface area contributed by atoms with Gasteiger partial charge >= 0.3 is 0 Å². The molecule has 11 aromatic rings. The quantitative estimate of drug-likeness (QED) is 0.193. The van der Waals surface area contributed by atoms with Gasteiger partial charge in [-0.25, -0.2) is 4.98 Å². The van der Waals surface area contributed by atoms with Crippen LogP contribution in [0, 0.1) is 0 Å². The van der Waals surface area contributed by atoms with Gasteiger partial charge in [0, 0.05) is 39.5 Å². The van der Waals surface area contributed by atoms with Gasteiger partial charge in [0.25, 0.3) is 0 Å². The number of hydrogen-bond donors (Lipinski definition) is 0. The van der Waals surface area contributed by atoms with Gasteiger partial charge in [0.1, 0.15) is 33.3 Å². The summed E-state index contributed by atoms with van der Waals surface area (Å²) >= 11 is 0. The Balaban J connectivity index is 1.22. The van der Waals surface area contributed by atoms with Crippen LogP contribution in [0.3, 0.4) is 0 Å². The fraction of sp³-hybridized carbons (Fsp3) is 0. The number of benzene rings is 5. The summed E-state index contributed by atoms with van der Waals surface area (Å²) in [5, 5.41) is 3.98. The van der Waals surface area contributed by atoms with E-state index in [-0.39, 0.29) is 0 Å². The van der Waals surface area contributed by atoms with Gasteiger partial charge in [-0.15, -0.1) is 0 Å². The van der Waals surface area contributed by atoms with Crippen LogP contribution in [0.4, 0.5) is 0 Å². The van der Waals surface area contributed by atoms with Crippen molar-refractivity contribution in [3.63, 3.8) is 0 Å². The molecule has 11 rings (SSSR count). The maximum absolute atomic E-state index is 6.62. The van der Waals surface area contributed by atoms with Crippen molar-refractivity contribution in [1.29, 1.82) is 0 Å². The molecule has 0 aliphatic carbocycles. The van der Waals surface area contributed by atoms with E-state index in [0.717, 1.165) is 110 Å². The molecule has 49 heavy (non-hydrogen) atoms. The summed E-state index contributed by atoms with van der Waals surface area (Å²) in [6.45, 7) is 0. The van der Waals surface area contributed by atoms with Gasteiger partial charge in [0.05, 0.1) is 5.52 Å². The van der Waals surface area contributed by atoms with Crippen LogP contribution < -0.4 is 0 Å². The molecule has 0 bridgehead atoms. The van der Waals surface area contributed by atoms with Crippen molar-refractivity contribution >= 4 is 77.1 Å². The summed E-state index contributed by atoms with van der Waals surface area (Å²) in [4.78, 5) is 14.4. The second-order valence-corrected chi connectivity index (χ2v) is 12.4. The fourth-order valence-corrected chi connectivity index (χ4v) is 7.28. The third-order valence-electron chi connectivity index (χ3n) is 9.54. The highest BCUT2D eigenvalue weighted by Gasteiger charge is 2.20. The van der Waals surface area contributed by atoms with E-state index < -0.39 is 0 Å². The smallest absolute Gasteiger partial charge is 0.162 e. The third kappa shape index (κ3) is 3.92. The molecule has 0 saturated carbocycles. The van der Waals surface area contributed by atoms with Crippen molar-refractivity contribution in [2.45, 2.75) is 0 Å². The molecule has 228 valence electrons. The minimum Gasteiger partial charge on any atom is -0.454 e. The summed E-state index contributed by atoms with van der Waals surface area (Å²) in [7, 11) is 0.